The molecule has 108 valence electrons. The smallest absolute Gasteiger partial charge is 0.160 e. The SMILES string of the molecule is CC(C)CCC1CCCCN1c1ncnc2[nH]ncc12. The van der Waals surface area contributed by atoms with Crippen molar-refractivity contribution in [2.45, 2.75) is 52.0 Å². The molecule has 2 aromatic heterocycles. The number of hydrogen-bond acceptors (Lipinski definition) is 4. The van der Waals surface area contributed by atoms with Gasteiger partial charge in [0.1, 0.15) is 12.1 Å². The first-order valence-electron chi connectivity index (χ1n) is 7.66. The number of hydrogen-bond donors (Lipinski definition) is 1. The van der Waals surface area contributed by atoms with Crippen LogP contribution in [0.2, 0.25) is 0 Å². The first-order valence-corrected chi connectivity index (χ1v) is 7.66. The summed E-state index contributed by atoms with van der Waals surface area (Å²) < 4.78 is 0. The number of nitrogens with one attached hydrogen (secondary N) is 1. The molecule has 1 N–H and O–H groups in total. The number of aromatic nitrogens is 4. The fourth-order valence-corrected chi connectivity index (χ4v) is 3.09. The third-order valence-electron chi connectivity index (χ3n) is 4.20. The molecule has 1 aliphatic rings. The van der Waals surface area contributed by atoms with E-state index in [-0.39, 0.29) is 0 Å². The molecular weight excluding hydrogens is 250 g/mol. The Balaban J connectivity index is 1.87. The molecule has 0 spiro atoms. The van der Waals surface area contributed by atoms with Gasteiger partial charge in [0, 0.05) is 12.6 Å². The molecule has 1 unspecified atom stereocenters. The van der Waals surface area contributed by atoms with E-state index in [1.165, 1.54) is 32.1 Å². The van der Waals surface area contributed by atoms with Crippen molar-refractivity contribution in [3.05, 3.63) is 12.5 Å². The summed E-state index contributed by atoms with van der Waals surface area (Å²) in [5.74, 6) is 1.82. The molecule has 0 aromatic carbocycles. The van der Waals surface area contributed by atoms with E-state index in [1.807, 2.05) is 6.20 Å². The molecule has 0 bridgehead atoms. The molecule has 0 aliphatic carbocycles. The number of piperidine rings is 1. The molecule has 3 rings (SSSR count). The zero-order chi connectivity index (χ0) is 13.9. The van der Waals surface area contributed by atoms with Gasteiger partial charge in [0.2, 0.25) is 0 Å². The maximum atomic E-state index is 4.53. The molecule has 1 atom stereocenters. The normalized spacial score (nSPS) is 19.9. The van der Waals surface area contributed by atoms with Gasteiger partial charge in [0.15, 0.2) is 5.65 Å². The number of H-pyrrole nitrogens is 1. The number of fused-ring (bicyclic) bond motifs is 1. The lowest BCUT2D eigenvalue weighted by atomic mass is 9.94. The van der Waals surface area contributed by atoms with Gasteiger partial charge < -0.3 is 4.90 Å². The van der Waals surface area contributed by atoms with Crippen molar-refractivity contribution < 1.29 is 0 Å². The van der Waals surface area contributed by atoms with Crippen LogP contribution in [-0.2, 0) is 0 Å². The highest BCUT2D eigenvalue weighted by atomic mass is 15.2. The lowest BCUT2D eigenvalue weighted by Gasteiger charge is -2.37. The summed E-state index contributed by atoms with van der Waals surface area (Å²) in [6.07, 6.45) is 9.88. The van der Waals surface area contributed by atoms with Crippen molar-refractivity contribution in [1.29, 1.82) is 0 Å². The predicted molar refractivity (Wildman–Crippen MR) is 80.7 cm³/mol. The Morgan fingerprint density at radius 1 is 1.35 bits per heavy atom. The molecule has 0 saturated carbocycles. The molecule has 1 saturated heterocycles. The Kier molecular flexibility index (Phi) is 3.85. The Bertz CT molecular complexity index is 562. The van der Waals surface area contributed by atoms with Crippen LogP contribution in [0.1, 0.15) is 46.0 Å². The third kappa shape index (κ3) is 2.62. The van der Waals surface area contributed by atoms with Crippen molar-refractivity contribution in [1.82, 2.24) is 20.2 Å². The first kappa shape index (κ1) is 13.3. The van der Waals surface area contributed by atoms with Crippen molar-refractivity contribution in [3.8, 4) is 0 Å². The van der Waals surface area contributed by atoms with E-state index in [0.717, 1.165) is 29.3 Å². The molecular formula is C15H23N5. The van der Waals surface area contributed by atoms with Crippen LogP contribution in [0.15, 0.2) is 12.5 Å². The van der Waals surface area contributed by atoms with E-state index < -0.39 is 0 Å². The van der Waals surface area contributed by atoms with Gasteiger partial charge in [-0.2, -0.15) is 5.10 Å². The largest absolute Gasteiger partial charge is 0.353 e. The van der Waals surface area contributed by atoms with E-state index >= 15 is 0 Å². The van der Waals surface area contributed by atoms with Gasteiger partial charge in [-0.25, -0.2) is 9.97 Å². The lowest BCUT2D eigenvalue weighted by Crippen LogP contribution is -2.40. The second kappa shape index (κ2) is 5.77. The van der Waals surface area contributed by atoms with Crippen molar-refractivity contribution in [2.75, 3.05) is 11.4 Å². The van der Waals surface area contributed by atoms with Crippen LogP contribution in [0, 0.1) is 5.92 Å². The average molecular weight is 273 g/mol. The maximum Gasteiger partial charge on any atom is 0.160 e. The highest BCUT2D eigenvalue weighted by Gasteiger charge is 2.25. The minimum absolute atomic E-state index is 0.610. The van der Waals surface area contributed by atoms with Crippen molar-refractivity contribution in [3.63, 3.8) is 0 Å². The minimum atomic E-state index is 0.610. The van der Waals surface area contributed by atoms with E-state index in [9.17, 15) is 0 Å². The van der Waals surface area contributed by atoms with Crippen molar-refractivity contribution >= 4 is 16.9 Å². The molecule has 0 amide bonds. The number of anilines is 1. The Morgan fingerprint density at radius 3 is 3.10 bits per heavy atom. The summed E-state index contributed by atoms with van der Waals surface area (Å²) in [6.45, 7) is 5.69. The van der Waals surface area contributed by atoms with E-state index in [0.29, 0.717) is 6.04 Å². The predicted octanol–water partition coefficient (Wildman–Crippen LogP) is 3.15. The van der Waals surface area contributed by atoms with E-state index in [4.69, 9.17) is 0 Å². The first-order chi connectivity index (χ1) is 9.75. The maximum absolute atomic E-state index is 4.53. The van der Waals surface area contributed by atoms with Gasteiger partial charge in [0.05, 0.1) is 11.6 Å². The fraction of sp³-hybridized carbons (Fsp3) is 0.667. The van der Waals surface area contributed by atoms with E-state index in [2.05, 4.69) is 38.9 Å². The molecule has 1 fully saturated rings. The lowest BCUT2D eigenvalue weighted by molar-refractivity contribution is 0.402. The van der Waals surface area contributed by atoms with Crippen LogP contribution >= 0.6 is 0 Å². The van der Waals surface area contributed by atoms with Crippen molar-refractivity contribution in [2.24, 2.45) is 5.92 Å². The number of aromatic amines is 1. The topological polar surface area (TPSA) is 57.7 Å². The van der Waals surface area contributed by atoms with Crippen LogP contribution in [0.25, 0.3) is 11.0 Å². The second-order valence-corrected chi connectivity index (χ2v) is 6.14. The Labute approximate surface area is 119 Å². The zero-order valence-electron chi connectivity index (χ0n) is 12.3. The summed E-state index contributed by atoms with van der Waals surface area (Å²) in [7, 11) is 0. The summed E-state index contributed by atoms with van der Waals surface area (Å²) in [4.78, 5) is 11.3. The highest BCUT2D eigenvalue weighted by molar-refractivity contribution is 5.86. The molecule has 5 heteroatoms. The summed E-state index contributed by atoms with van der Waals surface area (Å²) in [5.41, 5.74) is 0.836. The van der Waals surface area contributed by atoms with Crippen LogP contribution in [0.3, 0.4) is 0 Å². The summed E-state index contributed by atoms with van der Waals surface area (Å²) in [6, 6.07) is 0.610. The van der Waals surface area contributed by atoms with Crippen LogP contribution in [0.4, 0.5) is 5.82 Å². The van der Waals surface area contributed by atoms with E-state index in [1.54, 1.807) is 6.33 Å². The standard InChI is InChI=1S/C15H23N5/c1-11(2)6-7-12-5-3-4-8-20(12)15-13-9-18-19-14(13)16-10-17-15/h9-12H,3-8H2,1-2H3,(H,16,17,18,19). The average Bonchev–Trinajstić information content (AvgIpc) is 2.93. The second-order valence-electron chi connectivity index (χ2n) is 6.14. The van der Waals surface area contributed by atoms with Gasteiger partial charge in [-0.3, -0.25) is 5.10 Å². The third-order valence-corrected chi connectivity index (χ3v) is 4.20. The zero-order valence-corrected chi connectivity index (χ0v) is 12.3. The molecule has 5 nitrogen and oxygen atoms in total. The molecule has 0 radical (unpaired) electrons. The summed E-state index contributed by atoms with van der Waals surface area (Å²) in [5, 5.41) is 8.08. The quantitative estimate of drug-likeness (QED) is 0.929. The van der Waals surface area contributed by atoms with Gasteiger partial charge in [-0.15, -0.1) is 0 Å². The summed E-state index contributed by atoms with van der Waals surface area (Å²) >= 11 is 0. The van der Waals surface area contributed by atoms with Crippen LogP contribution in [-0.4, -0.2) is 32.8 Å². The molecule has 1 aliphatic heterocycles. The number of rotatable bonds is 4. The molecule has 3 heterocycles. The van der Waals surface area contributed by atoms with Gasteiger partial charge >= 0.3 is 0 Å². The highest BCUT2D eigenvalue weighted by Crippen LogP contribution is 2.30. The fourth-order valence-electron chi connectivity index (χ4n) is 3.09. The van der Waals surface area contributed by atoms with Gasteiger partial charge in [-0.1, -0.05) is 13.8 Å². The molecule has 20 heavy (non-hydrogen) atoms. The van der Waals surface area contributed by atoms with Gasteiger partial charge in [-0.05, 0) is 38.0 Å². The molecule has 2 aromatic rings. The van der Waals surface area contributed by atoms with Crippen LogP contribution in [0.5, 0.6) is 0 Å². The minimum Gasteiger partial charge on any atom is -0.353 e. The Morgan fingerprint density at radius 2 is 2.25 bits per heavy atom. The monoisotopic (exact) mass is 273 g/mol. The van der Waals surface area contributed by atoms with Crippen LogP contribution < -0.4 is 4.90 Å². The number of nitrogens with zero attached hydrogens (tertiary/aromatic N) is 4. The Hall–Kier alpha value is -1.65. The van der Waals surface area contributed by atoms with Gasteiger partial charge in [0.25, 0.3) is 0 Å².